The average Bonchev–Trinajstić information content (AvgIpc) is 3.28. The number of carbonyl (C=O) groups excluding carboxylic acids is 2. The summed E-state index contributed by atoms with van der Waals surface area (Å²) in [5, 5.41) is 3.51. The Hall–Kier alpha value is -2.83. The molecule has 31 heavy (non-hydrogen) atoms. The molecule has 0 saturated carbocycles. The van der Waals surface area contributed by atoms with Crippen LogP contribution in [0.2, 0.25) is 5.02 Å². The molecule has 0 spiro atoms. The number of para-hydroxylation sites is 2. The first-order valence-corrected chi connectivity index (χ1v) is 11.0. The van der Waals surface area contributed by atoms with E-state index in [0.29, 0.717) is 23.0 Å². The maximum Gasteiger partial charge on any atom is 0.294 e. The highest BCUT2D eigenvalue weighted by molar-refractivity contribution is 6.30. The number of fused-ring (bicyclic) bond motifs is 1. The summed E-state index contributed by atoms with van der Waals surface area (Å²) in [6.45, 7) is 3.83. The first-order valence-electron chi connectivity index (χ1n) is 10.7. The van der Waals surface area contributed by atoms with Crippen molar-refractivity contribution in [3.05, 3.63) is 64.9 Å². The van der Waals surface area contributed by atoms with Crippen LogP contribution >= 0.6 is 11.6 Å². The van der Waals surface area contributed by atoms with Crippen molar-refractivity contribution < 1.29 is 14.3 Å². The van der Waals surface area contributed by atoms with E-state index in [1.807, 2.05) is 24.3 Å². The molecule has 1 saturated heterocycles. The molecule has 2 amide bonds. The summed E-state index contributed by atoms with van der Waals surface area (Å²) < 4.78 is 5.84. The molecular weight excluding hydrogens is 414 g/mol. The van der Waals surface area contributed by atoms with Crippen molar-refractivity contribution in [1.29, 1.82) is 0 Å². The lowest BCUT2D eigenvalue weighted by Crippen LogP contribution is -2.44. The van der Waals surface area contributed by atoms with Gasteiger partial charge in [-0.2, -0.15) is 0 Å². The van der Waals surface area contributed by atoms with E-state index in [0.717, 1.165) is 31.6 Å². The predicted octanol–water partition coefficient (Wildman–Crippen LogP) is 3.71. The predicted molar refractivity (Wildman–Crippen MR) is 122 cm³/mol. The summed E-state index contributed by atoms with van der Waals surface area (Å²) in [5.41, 5.74) is 1.34. The molecule has 2 aliphatic rings. The van der Waals surface area contributed by atoms with Crippen LogP contribution in [-0.2, 0) is 9.59 Å². The van der Waals surface area contributed by atoms with Gasteiger partial charge < -0.3 is 15.0 Å². The van der Waals surface area contributed by atoms with Crippen LogP contribution in [0.25, 0.3) is 6.08 Å². The number of hydrogen-bond donors (Lipinski definition) is 1. The summed E-state index contributed by atoms with van der Waals surface area (Å²) in [6.07, 6.45) is 5.07. The molecule has 2 aromatic rings. The largest absolute Gasteiger partial charge is 0.449 e. The molecule has 2 aromatic carbocycles. The molecule has 0 atom stereocenters. The molecule has 0 bridgehead atoms. The van der Waals surface area contributed by atoms with Crippen LogP contribution in [0.4, 0.5) is 5.69 Å². The fourth-order valence-corrected chi connectivity index (χ4v) is 4.10. The fourth-order valence-electron chi connectivity index (χ4n) is 3.90. The van der Waals surface area contributed by atoms with Gasteiger partial charge in [0.25, 0.3) is 5.91 Å². The van der Waals surface area contributed by atoms with Crippen molar-refractivity contribution in [2.24, 2.45) is 0 Å². The van der Waals surface area contributed by atoms with Crippen molar-refractivity contribution in [3.63, 3.8) is 0 Å². The van der Waals surface area contributed by atoms with Crippen molar-refractivity contribution in [1.82, 2.24) is 10.2 Å². The van der Waals surface area contributed by atoms with Crippen LogP contribution < -0.4 is 15.0 Å². The van der Waals surface area contributed by atoms with E-state index in [9.17, 15) is 9.59 Å². The van der Waals surface area contributed by atoms with Gasteiger partial charge in [-0.15, -0.1) is 0 Å². The Bertz CT molecular complexity index is 986. The summed E-state index contributed by atoms with van der Waals surface area (Å²) in [5.74, 6) is 0.152. The zero-order valence-electron chi connectivity index (χ0n) is 17.4. The molecule has 2 aliphatic heterocycles. The number of anilines is 1. The summed E-state index contributed by atoms with van der Waals surface area (Å²) >= 11 is 6.06. The minimum Gasteiger partial charge on any atom is -0.449 e. The van der Waals surface area contributed by atoms with Gasteiger partial charge in [0.2, 0.25) is 5.91 Å². The van der Waals surface area contributed by atoms with Gasteiger partial charge >= 0.3 is 0 Å². The van der Waals surface area contributed by atoms with Crippen molar-refractivity contribution >= 4 is 35.2 Å². The Balaban J connectivity index is 1.43. The number of halogens is 1. The molecule has 6 nitrogen and oxygen atoms in total. The Kier molecular flexibility index (Phi) is 6.89. The van der Waals surface area contributed by atoms with E-state index in [-0.39, 0.29) is 24.1 Å². The zero-order chi connectivity index (χ0) is 21.6. The van der Waals surface area contributed by atoms with Crippen LogP contribution in [0, 0.1) is 0 Å². The Morgan fingerprint density at radius 1 is 1.13 bits per heavy atom. The highest BCUT2D eigenvalue weighted by Crippen LogP contribution is 2.35. The van der Waals surface area contributed by atoms with Gasteiger partial charge in [-0.1, -0.05) is 35.9 Å². The summed E-state index contributed by atoms with van der Waals surface area (Å²) in [6, 6.07) is 14.4. The van der Waals surface area contributed by atoms with Gasteiger partial charge in [-0.05, 0) is 74.8 Å². The van der Waals surface area contributed by atoms with Crippen LogP contribution in [-0.4, -0.2) is 49.4 Å². The van der Waals surface area contributed by atoms with E-state index in [4.69, 9.17) is 16.3 Å². The number of nitrogens with zero attached hydrogens (tertiary/aromatic N) is 2. The Labute approximate surface area is 187 Å². The smallest absolute Gasteiger partial charge is 0.294 e. The molecule has 1 N–H and O–H groups in total. The van der Waals surface area contributed by atoms with Gasteiger partial charge in [0.15, 0.2) is 11.5 Å². The third kappa shape index (κ3) is 5.46. The number of hydrogen-bond acceptors (Lipinski definition) is 4. The highest BCUT2D eigenvalue weighted by Gasteiger charge is 2.31. The molecule has 1 fully saturated rings. The number of nitrogens with one attached hydrogen (secondary N) is 1. The first kappa shape index (κ1) is 21.4. The summed E-state index contributed by atoms with van der Waals surface area (Å²) in [7, 11) is 0. The minimum absolute atomic E-state index is 0.0597. The second-order valence-corrected chi connectivity index (χ2v) is 8.21. The van der Waals surface area contributed by atoms with Crippen molar-refractivity contribution in [3.8, 4) is 5.75 Å². The van der Waals surface area contributed by atoms with Crippen LogP contribution in [0.3, 0.4) is 0 Å². The van der Waals surface area contributed by atoms with E-state index in [1.165, 1.54) is 17.7 Å². The lowest BCUT2D eigenvalue weighted by atomic mass is 10.1. The number of likely N-dealkylation sites (tertiary alicyclic amines) is 1. The normalized spacial score (nSPS) is 17.5. The number of carbonyl (C=O) groups is 2. The molecule has 2 heterocycles. The molecule has 0 aromatic heterocycles. The molecule has 7 heteroatoms. The number of amides is 2. The number of ether oxygens (including phenoxy) is 1. The van der Waals surface area contributed by atoms with Gasteiger partial charge in [0.05, 0.1) is 5.69 Å². The van der Waals surface area contributed by atoms with Crippen LogP contribution in [0.1, 0.15) is 24.8 Å². The van der Waals surface area contributed by atoms with Crippen molar-refractivity contribution in [2.75, 3.05) is 37.6 Å². The lowest BCUT2D eigenvalue weighted by molar-refractivity contribution is -0.123. The van der Waals surface area contributed by atoms with E-state index in [2.05, 4.69) is 10.2 Å². The first-order chi connectivity index (χ1) is 15.1. The molecule has 0 unspecified atom stereocenters. The monoisotopic (exact) mass is 439 g/mol. The highest BCUT2D eigenvalue weighted by atomic mass is 35.5. The fraction of sp³-hybridized carbons (Fsp3) is 0.333. The average molecular weight is 440 g/mol. The molecule has 0 aliphatic carbocycles. The van der Waals surface area contributed by atoms with Gasteiger partial charge in [0.1, 0.15) is 6.54 Å². The molecule has 0 radical (unpaired) electrons. The third-order valence-electron chi connectivity index (χ3n) is 5.45. The SMILES string of the molecule is O=C(CN1C(=O)C(=Cc2cccc(Cl)c2)Oc2ccccc21)NCCCN1CCCC1. The maximum absolute atomic E-state index is 13.1. The quantitative estimate of drug-likeness (QED) is 0.527. The topological polar surface area (TPSA) is 61.9 Å². The second kappa shape index (κ2) is 9.98. The maximum atomic E-state index is 13.1. The zero-order valence-corrected chi connectivity index (χ0v) is 18.1. The number of benzene rings is 2. The van der Waals surface area contributed by atoms with Gasteiger partial charge in [-0.3, -0.25) is 14.5 Å². The van der Waals surface area contributed by atoms with Gasteiger partial charge in [0, 0.05) is 11.6 Å². The van der Waals surface area contributed by atoms with E-state index in [1.54, 1.807) is 30.3 Å². The minimum atomic E-state index is -0.356. The van der Waals surface area contributed by atoms with Crippen LogP contribution in [0.15, 0.2) is 54.3 Å². The Morgan fingerprint density at radius 2 is 1.94 bits per heavy atom. The van der Waals surface area contributed by atoms with Gasteiger partial charge in [-0.25, -0.2) is 0 Å². The summed E-state index contributed by atoms with van der Waals surface area (Å²) in [4.78, 5) is 29.6. The molecular formula is C24H26ClN3O3. The number of rotatable bonds is 7. The lowest BCUT2D eigenvalue weighted by Gasteiger charge is -2.30. The van der Waals surface area contributed by atoms with Crippen LogP contribution in [0.5, 0.6) is 5.75 Å². The van der Waals surface area contributed by atoms with E-state index >= 15 is 0 Å². The third-order valence-corrected chi connectivity index (χ3v) is 5.69. The molecule has 162 valence electrons. The second-order valence-electron chi connectivity index (χ2n) is 7.78. The molecule has 4 rings (SSSR count). The standard InChI is InChI=1S/C24H26ClN3O3/c25-19-8-5-7-18(15-19)16-22-24(30)28(20-9-1-2-10-21(20)31-22)17-23(29)26-11-6-14-27-12-3-4-13-27/h1-2,5,7-10,15-16H,3-4,6,11-14,17H2,(H,26,29). The Morgan fingerprint density at radius 3 is 2.74 bits per heavy atom. The van der Waals surface area contributed by atoms with Crippen molar-refractivity contribution in [2.45, 2.75) is 19.3 Å². The van der Waals surface area contributed by atoms with E-state index < -0.39 is 0 Å².